The normalized spacial score (nSPS) is 17.0. The van der Waals surface area contributed by atoms with Gasteiger partial charge in [-0.25, -0.2) is 0 Å². The average molecular weight is 350 g/mol. The van der Waals surface area contributed by atoms with Crippen molar-refractivity contribution < 1.29 is 19.0 Å². The van der Waals surface area contributed by atoms with E-state index < -0.39 is 5.60 Å². The lowest BCUT2D eigenvalue weighted by molar-refractivity contribution is -0.146. The molecule has 0 aromatic heterocycles. The summed E-state index contributed by atoms with van der Waals surface area (Å²) in [6, 6.07) is 5.85. The number of hydrogen-bond donors (Lipinski definition) is 2. The second-order valence-electron chi connectivity index (χ2n) is 7.08. The fourth-order valence-electron chi connectivity index (χ4n) is 3.18. The van der Waals surface area contributed by atoms with E-state index in [1.165, 1.54) is 0 Å². The Morgan fingerprint density at radius 3 is 2.36 bits per heavy atom. The van der Waals surface area contributed by atoms with Crippen LogP contribution in [0, 0.1) is 0 Å². The van der Waals surface area contributed by atoms with Gasteiger partial charge in [-0.3, -0.25) is 4.79 Å². The number of piperidine rings is 1. The van der Waals surface area contributed by atoms with E-state index >= 15 is 0 Å². The van der Waals surface area contributed by atoms with Crippen molar-refractivity contribution >= 4 is 5.91 Å². The van der Waals surface area contributed by atoms with E-state index in [4.69, 9.17) is 14.2 Å². The highest BCUT2D eigenvalue weighted by atomic mass is 16.5. The van der Waals surface area contributed by atoms with E-state index in [2.05, 4.69) is 24.5 Å². The van der Waals surface area contributed by atoms with Gasteiger partial charge in [-0.2, -0.15) is 0 Å². The summed E-state index contributed by atoms with van der Waals surface area (Å²) in [4.78, 5) is 12.7. The predicted molar refractivity (Wildman–Crippen MR) is 97.4 cm³/mol. The zero-order valence-electron chi connectivity index (χ0n) is 15.9. The van der Waals surface area contributed by atoms with Crippen molar-refractivity contribution in [3.63, 3.8) is 0 Å². The largest absolute Gasteiger partial charge is 0.493 e. The first-order valence-corrected chi connectivity index (χ1v) is 8.65. The molecular formula is C19H30N2O4. The van der Waals surface area contributed by atoms with Gasteiger partial charge in [0.05, 0.1) is 14.2 Å². The van der Waals surface area contributed by atoms with Crippen LogP contribution in [-0.4, -0.2) is 52.5 Å². The van der Waals surface area contributed by atoms with Crippen LogP contribution in [-0.2, 0) is 14.9 Å². The van der Waals surface area contributed by atoms with Gasteiger partial charge in [-0.05, 0) is 43.6 Å². The molecule has 0 radical (unpaired) electrons. The maximum Gasteiger partial charge on any atom is 0.252 e. The molecule has 1 heterocycles. The van der Waals surface area contributed by atoms with Gasteiger partial charge in [-0.15, -0.1) is 0 Å². The molecule has 6 heteroatoms. The Bertz CT molecular complexity index is 595. The van der Waals surface area contributed by atoms with Gasteiger partial charge in [0.15, 0.2) is 11.5 Å². The Kier molecular flexibility index (Phi) is 6.30. The molecule has 0 bridgehead atoms. The zero-order chi connectivity index (χ0) is 18.5. The summed E-state index contributed by atoms with van der Waals surface area (Å²) in [5.74, 6) is 1.34. The third-order valence-corrected chi connectivity index (χ3v) is 5.07. The van der Waals surface area contributed by atoms with Crippen LogP contribution in [0.3, 0.4) is 0 Å². The number of hydrogen-bond acceptors (Lipinski definition) is 5. The predicted octanol–water partition coefficient (Wildman–Crippen LogP) is 1.87. The molecule has 140 valence electrons. The lowest BCUT2D eigenvalue weighted by Crippen LogP contribution is -2.55. The molecule has 1 saturated heterocycles. The van der Waals surface area contributed by atoms with Crippen LogP contribution in [0.25, 0.3) is 0 Å². The summed E-state index contributed by atoms with van der Waals surface area (Å²) in [5, 5.41) is 6.35. The summed E-state index contributed by atoms with van der Waals surface area (Å²) in [6.07, 6.45) is 1.37. The number of carbonyl (C=O) groups is 1. The number of nitrogens with one attached hydrogen (secondary N) is 2. The first-order valence-electron chi connectivity index (χ1n) is 8.65. The van der Waals surface area contributed by atoms with Crippen LogP contribution in [0.1, 0.15) is 32.3 Å². The van der Waals surface area contributed by atoms with E-state index in [-0.39, 0.29) is 11.3 Å². The van der Waals surface area contributed by atoms with Crippen LogP contribution in [0.15, 0.2) is 18.2 Å². The number of rotatable bonds is 7. The maximum atomic E-state index is 12.7. The number of amides is 1. The first kappa shape index (κ1) is 19.5. The average Bonchev–Trinajstić information content (AvgIpc) is 2.65. The van der Waals surface area contributed by atoms with E-state index in [9.17, 15) is 4.79 Å². The molecule has 25 heavy (non-hydrogen) atoms. The highest BCUT2D eigenvalue weighted by Gasteiger charge is 2.40. The van der Waals surface area contributed by atoms with Gasteiger partial charge in [-0.1, -0.05) is 19.9 Å². The third kappa shape index (κ3) is 4.25. The molecule has 0 saturated carbocycles. The minimum absolute atomic E-state index is 0.0370. The minimum atomic E-state index is -0.723. The molecule has 2 N–H and O–H groups in total. The Hall–Kier alpha value is -1.79. The summed E-state index contributed by atoms with van der Waals surface area (Å²) >= 11 is 0. The smallest absolute Gasteiger partial charge is 0.252 e. The molecule has 0 atom stereocenters. The van der Waals surface area contributed by atoms with E-state index in [1.54, 1.807) is 21.3 Å². The van der Waals surface area contributed by atoms with Crippen molar-refractivity contribution in [3.05, 3.63) is 23.8 Å². The van der Waals surface area contributed by atoms with Crippen molar-refractivity contribution in [3.8, 4) is 11.5 Å². The first-order chi connectivity index (χ1) is 11.9. The molecule has 0 aliphatic carbocycles. The van der Waals surface area contributed by atoms with Crippen molar-refractivity contribution in [2.45, 2.75) is 37.7 Å². The van der Waals surface area contributed by atoms with Crippen molar-refractivity contribution in [1.29, 1.82) is 0 Å². The van der Waals surface area contributed by atoms with Crippen molar-refractivity contribution in [1.82, 2.24) is 10.6 Å². The molecule has 1 aromatic carbocycles. The van der Waals surface area contributed by atoms with E-state index in [1.807, 2.05) is 18.2 Å². The molecule has 1 aliphatic rings. The monoisotopic (exact) mass is 350 g/mol. The quantitative estimate of drug-likeness (QED) is 0.786. The summed E-state index contributed by atoms with van der Waals surface area (Å²) in [7, 11) is 4.85. The number of carbonyl (C=O) groups excluding carboxylic acids is 1. The second kappa shape index (κ2) is 8.06. The number of ether oxygens (including phenoxy) is 3. The Labute approximate surface area is 150 Å². The molecule has 1 amide bonds. The van der Waals surface area contributed by atoms with Gasteiger partial charge >= 0.3 is 0 Å². The molecule has 0 unspecified atom stereocenters. The fraction of sp³-hybridized carbons (Fsp3) is 0.632. The molecule has 0 spiro atoms. The van der Waals surface area contributed by atoms with Crippen LogP contribution in [0.4, 0.5) is 0 Å². The summed E-state index contributed by atoms with van der Waals surface area (Å²) < 4.78 is 16.3. The van der Waals surface area contributed by atoms with Gasteiger partial charge < -0.3 is 24.8 Å². The van der Waals surface area contributed by atoms with E-state index in [0.717, 1.165) is 18.7 Å². The topological polar surface area (TPSA) is 68.8 Å². The third-order valence-electron chi connectivity index (χ3n) is 5.07. The minimum Gasteiger partial charge on any atom is -0.493 e. The van der Waals surface area contributed by atoms with E-state index in [0.29, 0.717) is 30.9 Å². The molecule has 2 rings (SSSR count). The Balaban J connectivity index is 2.09. The summed E-state index contributed by atoms with van der Waals surface area (Å²) in [6.45, 7) is 6.29. The summed E-state index contributed by atoms with van der Waals surface area (Å²) in [5.41, 5.74) is 0.0953. The maximum absolute atomic E-state index is 12.7. The number of methoxy groups -OCH3 is 3. The zero-order valence-corrected chi connectivity index (χ0v) is 15.9. The van der Waals surface area contributed by atoms with Gasteiger partial charge in [0.2, 0.25) is 0 Å². The van der Waals surface area contributed by atoms with Crippen LogP contribution in [0.5, 0.6) is 11.5 Å². The molecule has 1 fully saturated rings. The second-order valence-corrected chi connectivity index (χ2v) is 7.08. The van der Waals surface area contributed by atoms with Crippen LogP contribution in [0.2, 0.25) is 0 Å². The van der Waals surface area contributed by atoms with Gasteiger partial charge in [0.1, 0.15) is 5.60 Å². The molecular weight excluding hydrogens is 320 g/mol. The standard InChI is InChI=1S/C19H30N2O4/c1-18(2,14-6-7-15(23-3)16(12-14)24-4)13-21-17(22)19(25-5)8-10-20-11-9-19/h6-7,12,20H,8-11,13H2,1-5H3,(H,21,22). The van der Waals surface area contributed by atoms with Gasteiger partial charge in [0, 0.05) is 19.1 Å². The van der Waals surface area contributed by atoms with Crippen molar-refractivity contribution in [2.75, 3.05) is 41.0 Å². The Morgan fingerprint density at radius 2 is 1.80 bits per heavy atom. The van der Waals surface area contributed by atoms with Crippen molar-refractivity contribution in [2.24, 2.45) is 0 Å². The highest BCUT2D eigenvalue weighted by Crippen LogP contribution is 2.33. The van der Waals surface area contributed by atoms with Gasteiger partial charge in [0.25, 0.3) is 5.91 Å². The lowest BCUT2D eigenvalue weighted by atomic mass is 9.83. The Morgan fingerprint density at radius 1 is 1.16 bits per heavy atom. The SMILES string of the molecule is COc1ccc(C(C)(C)CNC(=O)C2(OC)CCNCC2)cc1OC. The molecule has 6 nitrogen and oxygen atoms in total. The highest BCUT2D eigenvalue weighted by molar-refractivity contribution is 5.85. The fourth-order valence-corrected chi connectivity index (χ4v) is 3.18. The lowest BCUT2D eigenvalue weighted by Gasteiger charge is -2.36. The molecule has 1 aliphatic heterocycles. The van der Waals surface area contributed by atoms with Crippen LogP contribution >= 0.6 is 0 Å². The van der Waals surface area contributed by atoms with Crippen LogP contribution < -0.4 is 20.1 Å². The molecule has 1 aromatic rings. The number of benzene rings is 1.